The van der Waals surface area contributed by atoms with Gasteiger partial charge in [0.2, 0.25) is 5.91 Å². The van der Waals surface area contributed by atoms with Crippen LogP contribution in [0, 0.1) is 11.8 Å². The molecule has 2 fully saturated rings. The summed E-state index contributed by atoms with van der Waals surface area (Å²) in [6.45, 7) is 5.45. The first kappa shape index (κ1) is 17.6. The first-order valence-electron chi connectivity index (χ1n) is 7.27. The maximum absolute atomic E-state index is 13.1. The van der Waals surface area contributed by atoms with Crippen molar-refractivity contribution in [2.75, 3.05) is 19.6 Å². The molecule has 0 aromatic carbocycles. The van der Waals surface area contributed by atoms with Crippen molar-refractivity contribution in [2.45, 2.75) is 51.5 Å². The van der Waals surface area contributed by atoms with Gasteiger partial charge in [-0.2, -0.15) is 0 Å². The number of rotatable bonds is 3. The second-order valence-electron chi connectivity index (χ2n) is 6.42. The van der Waals surface area contributed by atoms with Crippen LogP contribution in [0.3, 0.4) is 0 Å². The minimum Gasteiger partial charge on any atom is -0.341 e. The molecule has 6 heteroatoms. The van der Waals surface area contributed by atoms with Gasteiger partial charge in [0.25, 0.3) is 5.92 Å². The summed E-state index contributed by atoms with van der Waals surface area (Å²) < 4.78 is 26.3. The summed E-state index contributed by atoms with van der Waals surface area (Å²) in [5, 5.41) is 2.66. The van der Waals surface area contributed by atoms with E-state index >= 15 is 0 Å². The predicted octanol–water partition coefficient (Wildman–Crippen LogP) is 2.69. The molecule has 118 valence electrons. The Balaban J connectivity index is 0.00000200. The summed E-state index contributed by atoms with van der Waals surface area (Å²) in [5.74, 6) is -1.72. The topological polar surface area (TPSA) is 32.3 Å². The standard InChI is InChI=1S/C14H24F2N2O.ClH/c1-10(2)6-11-4-3-5-18(8-11)13(19)12-7-14(15,16)9-17-12;/h10-12,17H,3-9H2,1-2H3;1H. The molecule has 2 rings (SSSR count). The fraction of sp³-hybridized carbons (Fsp3) is 0.929. The van der Waals surface area contributed by atoms with Crippen molar-refractivity contribution in [3.05, 3.63) is 0 Å². The Hall–Kier alpha value is -0.420. The van der Waals surface area contributed by atoms with E-state index in [2.05, 4.69) is 19.2 Å². The molecule has 2 aliphatic rings. The fourth-order valence-electron chi connectivity index (χ4n) is 3.23. The zero-order chi connectivity index (χ0) is 14.0. The lowest BCUT2D eigenvalue weighted by Gasteiger charge is -2.35. The van der Waals surface area contributed by atoms with Gasteiger partial charge >= 0.3 is 0 Å². The van der Waals surface area contributed by atoms with Gasteiger partial charge in [-0.25, -0.2) is 8.78 Å². The first-order valence-corrected chi connectivity index (χ1v) is 7.27. The van der Waals surface area contributed by atoms with Crippen LogP contribution in [0.15, 0.2) is 0 Å². The maximum Gasteiger partial charge on any atom is 0.262 e. The Kier molecular flexibility index (Phi) is 6.20. The maximum atomic E-state index is 13.1. The Morgan fingerprint density at radius 2 is 2.15 bits per heavy atom. The molecule has 2 atom stereocenters. The van der Waals surface area contributed by atoms with Crippen molar-refractivity contribution in [2.24, 2.45) is 11.8 Å². The largest absolute Gasteiger partial charge is 0.341 e. The summed E-state index contributed by atoms with van der Waals surface area (Å²) in [7, 11) is 0. The molecule has 20 heavy (non-hydrogen) atoms. The van der Waals surface area contributed by atoms with Gasteiger partial charge in [0.15, 0.2) is 0 Å². The third-order valence-corrected chi connectivity index (χ3v) is 4.04. The van der Waals surface area contributed by atoms with E-state index in [4.69, 9.17) is 0 Å². The molecule has 0 spiro atoms. The SMILES string of the molecule is CC(C)CC1CCCN(C(=O)C2CC(F)(F)CN2)C1.Cl. The number of carbonyl (C=O) groups excluding carboxylic acids is 1. The van der Waals surface area contributed by atoms with E-state index in [1.54, 1.807) is 4.90 Å². The van der Waals surface area contributed by atoms with E-state index in [1.165, 1.54) is 0 Å². The average molecular weight is 311 g/mol. The summed E-state index contributed by atoms with van der Waals surface area (Å²) in [4.78, 5) is 14.0. The number of piperidine rings is 1. The lowest BCUT2D eigenvalue weighted by Crippen LogP contribution is -2.48. The van der Waals surface area contributed by atoms with Crippen LogP contribution in [-0.2, 0) is 4.79 Å². The normalized spacial score (nSPS) is 29.4. The first-order chi connectivity index (χ1) is 8.87. The van der Waals surface area contributed by atoms with Crippen LogP contribution >= 0.6 is 12.4 Å². The summed E-state index contributed by atoms with van der Waals surface area (Å²) >= 11 is 0. The number of hydrogen-bond acceptors (Lipinski definition) is 2. The zero-order valence-electron chi connectivity index (χ0n) is 12.2. The molecule has 2 heterocycles. The van der Waals surface area contributed by atoms with Crippen LogP contribution in [0.2, 0.25) is 0 Å². The van der Waals surface area contributed by atoms with Crippen LogP contribution in [0.1, 0.15) is 39.5 Å². The highest BCUT2D eigenvalue weighted by Crippen LogP contribution is 2.28. The van der Waals surface area contributed by atoms with E-state index in [0.717, 1.165) is 32.4 Å². The van der Waals surface area contributed by atoms with Gasteiger partial charge in [0.1, 0.15) is 0 Å². The third kappa shape index (κ3) is 4.55. The number of halogens is 3. The molecular weight excluding hydrogens is 286 g/mol. The van der Waals surface area contributed by atoms with E-state index < -0.39 is 12.0 Å². The molecule has 2 saturated heterocycles. The predicted molar refractivity (Wildman–Crippen MR) is 77.4 cm³/mol. The van der Waals surface area contributed by atoms with Crippen LogP contribution in [0.4, 0.5) is 8.78 Å². The van der Waals surface area contributed by atoms with Gasteiger partial charge in [-0.05, 0) is 31.1 Å². The second kappa shape index (κ2) is 7.03. The van der Waals surface area contributed by atoms with Crippen molar-refractivity contribution in [3.8, 4) is 0 Å². The van der Waals surface area contributed by atoms with Crippen LogP contribution in [-0.4, -0.2) is 42.4 Å². The Morgan fingerprint density at radius 3 is 2.70 bits per heavy atom. The molecule has 0 aromatic heterocycles. The second-order valence-corrected chi connectivity index (χ2v) is 6.42. The minimum absolute atomic E-state index is 0. The molecule has 0 aromatic rings. The quantitative estimate of drug-likeness (QED) is 0.869. The van der Waals surface area contributed by atoms with Crippen molar-refractivity contribution >= 4 is 18.3 Å². The van der Waals surface area contributed by atoms with Crippen molar-refractivity contribution in [1.82, 2.24) is 10.2 Å². The molecule has 0 radical (unpaired) electrons. The van der Waals surface area contributed by atoms with Gasteiger partial charge in [0.05, 0.1) is 12.6 Å². The van der Waals surface area contributed by atoms with E-state index in [0.29, 0.717) is 11.8 Å². The smallest absolute Gasteiger partial charge is 0.262 e. The van der Waals surface area contributed by atoms with Gasteiger partial charge < -0.3 is 4.90 Å². The third-order valence-electron chi connectivity index (χ3n) is 4.04. The van der Waals surface area contributed by atoms with E-state index in [9.17, 15) is 13.6 Å². The van der Waals surface area contributed by atoms with Crippen molar-refractivity contribution in [1.29, 1.82) is 0 Å². The molecule has 1 N–H and O–H groups in total. The average Bonchev–Trinajstić information content (AvgIpc) is 2.68. The number of nitrogens with zero attached hydrogens (tertiary/aromatic N) is 1. The molecule has 2 unspecified atom stereocenters. The fourth-order valence-corrected chi connectivity index (χ4v) is 3.23. The molecule has 3 nitrogen and oxygen atoms in total. The molecule has 0 bridgehead atoms. The van der Waals surface area contributed by atoms with Crippen molar-refractivity contribution < 1.29 is 13.6 Å². The van der Waals surface area contributed by atoms with Gasteiger partial charge in [-0.3, -0.25) is 10.1 Å². The number of amides is 1. The summed E-state index contributed by atoms with van der Waals surface area (Å²) in [5.41, 5.74) is 0. The number of nitrogens with one attached hydrogen (secondary N) is 1. The van der Waals surface area contributed by atoms with Crippen LogP contribution in [0.5, 0.6) is 0 Å². The number of hydrogen-bond donors (Lipinski definition) is 1. The highest BCUT2D eigenvalue weighted by molar-refractivity contribution is 5.85. The number of likely N-dealkylation sites (tertiary alicyclic amines) is 1. The lowest BCUT2D eigenvalue weighted by atomic mass is 9.89. The van der Waals surface area contributed by atoms with Crippen molar-refractivity contribution in [3.63, 3.8) is 0 Å². The zero-order valence-corrected chi connectivity index (χ0v) is 13.0. The Bertz CT molecular complexity index is 339. The molecule has 1 amide bonds. The monoisotopic (exact) mass is 310 g/mol. The van der Waals surface area contributed by atoms with Gasteiger partial charge in [-0.15, -0.1) is 12.4 Å². The summed E-state index contributed by atoms with van der Waals surface area (Å²) in [6, 6.07) is -0.687. The highest BCUT2D eigenvalue weighted by atomic mass is 35.5. The van der Waals surface area contributed by atoms with Gasteiger partial charge in [0, 0.05) is 19.5 Å². The lowest BCUT2D eigenvalue weighted by molar-refractivity contribution is -0.135. The summed E-state index contributed by atoms with van der Waals surface area (Å²) in [6.07, 6.45) is 2.90. The van der Waals surface area contributed by atoms with E-state index in [1.807, 2.05) is 0 Å². The van der Waals surface area contributed by atoms with E-state index in [-0.39, 0.29) is 31.3 Å². The molecule has 0 saturated carbocycles. The minimum atomic E-state index is -2.73. The molecular formula is C14H25ClF2N2O. The Labute approximate surface area is 125 Å². The van der Waals surface area contributed by atoms with Gasteiger partial charge in [-0.1, -0.05) is 13.8 Å². The molecule has 2 aliphatic heterocycles. The molecule has 0 aliphatic carbocycles. The Morgan fingerprint density at radius 1 is 1.45 bits per heavy atom. The highest BCUT2D eigenvalue weighted by Gasteiger charge is 2.43. The number of carbonyl (C=O) groups is 1. The van der Waals surface area contributed by atoms with Crippen LogP contribution < -0.4 is 5.32 Å². The number of alkyl halides is 2. The van der Waals surface area contributed by atoms with Crippen LogP contribution in [0.25, 0.3) is 0 Å².